The second-order valence-corrected chi connectivity index (χ2v) is 6.85. The molecular formula is C16H30O12. The van der Waals surface area contributed by atoms with Gasteiger partial charge >= 0.3 is 0 Å². The summed E-state index contributed by atoms with van der Waals surface area (Å²) in [6, 6.07) is 0. The summed E-state index contributed by atoms with van der Waals surface area (Å²) in [6.45, 7) is -0.911. The molecule has 2 aliphatic heterocycles. The minimum Gasteiger partial charge on any atom is -0.396 e. The van der Waals surface area contributed by atoms with Gasteiger partial charge in [0.05, 0.1) is 13.2 Å². The molecule has 2 fully saturated rings. The van der Waals surface area contributed by atoms with Gasteiger partial charge in [0.25, 0.3) is 0 Å². The molecular weight excluding hydrogens is 384 g/mol. The van der Waals surface area contributed by atoms with Gasteiger partial charge in [0.15, 0.2) is 12.6 Å². The van der Waals surface area contributed by atoms with Crippen LogP contribution in [0.5, 0.6) is 0 Å². The normalized spacial score (nSPS) is 44.6. The summed E-state index contributed by atoms with van der Waals surface area (Å²) in [7, 11) is 0. The lowest BCUT2D eigenvalue weighted by atomic mass is 9.98. The third-order valence-electron chi connectivity index (χ3n) is 4.78. The zero-order valence-corrected chi connectivity index (χ0v) is 15.2. The fraction of sp³-hybridized carbons (Fsp3) is 1.00. The zero-order chi connectivity index (χ0) is 20.8. The quantitative estimate of drug-likeness (QED) is 0.168. The Morgan fingerprint density at radius 3 is 1.71 bits per heavy atom. The van der Waals surface area contributed by atoms with E-state index < -0.39 is 74.6 Å². The lowest BCUT2D eigenvalue weighted by molar-refractivity contribution is -0.331. The van der Waals surface area contributed by atoms with Crippen molar-refractivity contribution in [3.8, 4) is 0 Å². The highest BCUT2D eigenvalue weighted by Gasteiger charge is 2.47. The van der Waals surface area contributed by atoms with E-state index in [4.69, 9.17) is 24.1 Å². The lowest BCUT2D eigenvalue weighted by Crippen LogP contribution is -2.61. The molecule has 0 bridgehead atoms. The van der Waals surface area contributed by atoms with Crippen molar-refractivity contribution in [3.63, 3.8) is 0 Å². The van der Waals surface area contributed by atoms with Crippen LogP contribution in [0.2, 0.25) is 0 Å². The summed E-state index contributed by atoms with van der Waals surface area (Å²) < 4.78 is 21.2. The largest absolute Gasteiger partial charge is 0.396 e. The summed E-state index contributed by atoms with van der Waals surface area (Å²) in [5, 5.41) is 77.4. The van der Waals surface area contributed by atoms with E-state index in [1.165, 1.54) is 0 Å². The molecule has 2 aliphatic rings. The fourth-order valence-corrected chi connectivity index (χ4v) is 3.00. The van der Waals surface area contributed by atoms with E-state index >= 15 is 0 Å². The third-order valence-corrected chi connectivity index (χ3v) is 4.78. The third kappa shape index (κ3) is 5.56. The van der Waals surface area contributed by atoms with Crippen molar-refractivity contribution in [2.75, 3.05) is 26.4 Å². The number of hydrogen-bond donors (Lipinski definition) is 8. The molecule has 0 aromatic carbocycles. The van der Waals surface area contributed by atoms with Crippen molar-refractivity contribution in [2.45, 2.75) is 74.3 Å². The van der Waals surface area contributed by atoms with Gasteiger partial charge in [-0.1, -0.05) is 0 Å². The molecule has 2 saturated heterocycles. The fourth-order valence-electron chi connectivity index (χ4n) is 3.00. The van der Waals surface area contributed by atoms with E-state index in [0.717, 1.165) is 0 Å². The van der Waals surface area contributed by atoms with Crippen LogP contribution in [-0.4, -0.2) is 129 Å². The summed E-state index contributed by atoms with van der Waals surface area (Å²) >= 11 is 0. The Labute approximate surface area is 161 Å². The molecule has 0 aromatic rings. The van der Waals surface area contributed by atoms with Crippen molar-refractivity contribution in [1.82, 2.24) is 0 Å². The summed E-state index contributed by atoms with van der Waals surface area (Å²) in [6.07, 6.45) is -13.4. The maximum Gasteiger partial charge on any atom is 0.186 e. The van der Waals surface area contributed by atoms with E-state index in [9.17, 15) is 35.7 Å². The average Bonchev–Trinajstić information content (AvgIpc) is 2.69. The highest BCUT2D eigenvalue weighted by Crippen LogP contribution is 2.26. The standard InChI is InChI=1S/C16H30O12/c17-3-1-2-4-25-15-13(23)12(22)10(20)8(28-15)6-26-16-14(24)11(21)9(19)7(5-18)27-16/h7-24H,1-6H2/t7-,8-,9+,10+,11+,12+,13-,14-,15-,16-/m1/s1. The van der Waals surface area contributed by atoms with Crippen molar-refractivity contribution >= 4 is 0 Å². The Kier molecular flexibility index (Phi) is 9.40. The van der Waals surface area contributed by atoms with E-state index in [1.807, 2.05) is 0 Å². The van der Waals surface area contributed by atoms with Crippen LogP contribution in [0.1, 0.15) is 12.8 Å². The highest BCUT2D eigenvalue weighted by molar-refractivity contribution is 4.91. The molecule has 2 heterocycles. The topological polar surface area (TPSA) is 199 Å². The maximum atomic E-state index is 10.1. The number of aliphatic hydroxyl groups is 8. The molecule has 28 heavy (non-hydrogen) atoms. The van der Waals surface area contributed by atoms with E-state index in [-0.39, 0.29) is 13.2 Å². The average molecular weight is 414 g/mol. The Hall–Kier alpha value is -0.480. The Morgan fingerprint density at radius 1 is 0.607 bits per heavy atom. The first-order valence-corrected chi connectivity index (χ1v) is 9.16. The van der Waals surface area contributed by atoms with Gasteiger partial charge in [-0.05, 0) is 12.8 Å². The van der Waals surface area contributed by atoms with Gasteiger partial charge in [-0.15, -0.1) is 0 Å². The molecule has 0 saturated carbocycles. The van der Waals surface area contributed by atoms with Crippen LogP contribution >= 0.6 is 0 Å². The van der Waals surface area contributed by atoms with Gasteiger partial charge in [-0.25, -0.2) is 0 Å². The molecule has 0 unspecified atom stereocenters. The first-order chi connectivity index (χ1) is 13.3. The molecule has 0 amide bonds. The van der Waals surface area contributed by atoms with Gasteiger partial charge in [0, 0.05) is 13.2 Å². The van der Waals surface area contributed by atoms with Crippen molar-refractivity contribution in [2.24, 2.45) is 0 Å². The monoisotopic (exact) mass is 414 g/mol. The molecule has 2 rings (SSSR count). The Balaban J connectivity index is 1.92. The predicted molar refractivity (Wildman–Crippen MR) is 88.7 cm³/mol. The van der Waals surface area contributed by atoms with Gasteiger partial charge < -0.3 is 59.8 Å². The van der Waals surface area contributed by atoms with Crippen LogP contribution in [0, 0.1) is 0 Å². The molecule has 0 aromatic heterocycles. The van der Waals surface area contributed by atoms with Crippen molar-refractivity contribution in [3.05, 3.63) is 0 Å². The lowest BCUT2D eigenvalue weighted by Gasteiger charge is -2.42. The second-order valence-electron chi connectivity index (χ2n) is 6.85. The van der Waals surface area contributed by atoms with E-state index in [1.54, 1.807) is 0 Å². The van der Waals surface area contributed by atoms with Crippen LogP contribution in [0.25, 0.3) is 0 Å². The minimum absolute atomic E-state index is 0.0195. The molecule has 0 radical (unpaired) electrons. The molecule has 12 heteroatoms. The van der Waals surface area contributed by atoms with Crippen LogP contribution in [0.3, 0.4) is 0 Å². The summed E-state index contributed by atoms with van der Waals surface area (Å²) in [4.78, 5) is 0. The van der Waals surface area contributed by atoms with Gasteiger partial charge in [-0.2, -0.15) is 0 Å². The van der Waals surface area contributed by atoms with Gasteiger partial charge in [-0.3, -0.25) is 0 Å². The van der Waals surface area contributed by atoms with E-state index in [2.05, 4.69) is 0 Å². The Bertz CT molecular complexity index is 451. The van der Waals surface area contributed by atoms with Crippen molar-refractivity contribution in [1.29, 1.82) is 0 Å². The number of ether oxygens (including phenoxy) is 4. The number of hydrogen-bond acceptors (Lipinski definition) is 12. The molecule has 8 N–H and O–H groups in total. The van der Waals surface area contributed by atoms with Crippen LogP contribution in [-0.2, 0) is 18.9 Å². The molecule has 0 aliphatic carbocycles. The van der Waals surface area contributed by atoms with Crippen LogP contribution < -0.4 is 0 Å². The second kappa shape index (κ2) is 11.1. The van der Waals surface area contributed by atoms with Crippen LogP contribution in [0.15, 0.2) is 0 Å². The summed E-state index contributed by atoms with van der Waals surface area (Å²) in [5.41, 5.74) is 0. The molecule has 0 spiro atoms. The molecule has 10 atom stereocenters. The minimum atomic E-state index is -1.63. The zero-order valence-electron chi connectivity index (χ0n) is 15.2. The van der Waals surface area contributed by atoms with Crippen LogP contribution in [0.4, 0.5) is 0 Å². The first kappa shape index (κ1) is 23.8. The maximum absolute atomic E-state index is 10.1. The smallest absolute Gasteiger partial charge is 0.186 e. The molecule has 12 nitrogen and oxygen atoms in total. The van der Waals surface area contributed by atoms with Gasteiger partial charge in [0.1, 0.15) is 48.8 Å². The SMILES string of the molecule is OCCCCO[C@@H]1O[C@H](CO[C@@H]2O[C@H](CO)[C@H](O)[C@H](O)[C@H]2O)[C@H](O)[C@H](O)[C@H]1O. The number of unbranched alkanes of at least 4 members (excludes halogenated alkanes) is 1. The Morgan fingerprint density at radius 2 is 1.14 bits per heavy atom. The number of aliphatic hydroxyl groups excluding tert-OH is 8. The van der Waals surface area contributed by atoms with E-state index in [0.29, 0.717) is 12.8 Å². The first-order valence-electron chi connectivity index (χ1n) is 9.16. The highest BCUT2D eigenvalue weighted by atomic mass is 16.7. The molecule has 166 valence electrons. The predicted octanol–water partition coefficient (Wildman–Crippen LogP) is -4.60. The number of rotatable bonds is 9. The van der Waals surface area contributed by atoms with Crippen molar-refractivity contribution < 1.29 is 59.8 Å². The van der Waals surface area contributed by atoms with Gasteiger partial charge in [0.2, 0.25) is 0 Å². The summed E-state index contributed by atoms with van der Waals surface area (Å²) in [5.74, 6) is 0.